The fraction of sp³-hybridized carbons (Fsp3) is 0.304. The van der Waals surface area contributed by atoms with Crippen molar-refractivity contribution in [2.24, 2.45) is 0 Å². The number of nitrogens with zero attached hydrogens (tertiary/aromatic N) is 3. The van der Waals surface area contributed by atoms with Gasteiger partial charge in [0.25, 0.3) is 5.56 Å². The molecule has 2 heterocycles. The van der Waals surface area contributed by atoms with Crippen LogP contribution in [-0.2, 0) is 6.18 Å². The summed E-state index contributed by atoms with van der Waals surface area (Å²) in [6.45, 7) is 3.13. The Morgan fingerprint density at radius 1 is 1.23 bits per heavy atom. The number of aromatic amines is 1. The highest BCUT2D eigenvalue weighted by atomic mass is 32.1. The van der Waals surface area contributed by atoms with Crippen LogP contribution < -0.4 is 11.3 Å². The molecule has 0 saturated heterocycles. The van der Waals surface area contributed by atoms with E-state index in [0.29, 0.717) is 28.0 Å². The summed E-state index contributed by atoms with van der Waals surface area (Å²) < 4.78 is 50.1. The van der Waals surface area contributed by atoms with Crippen molar-refractivity contribution in [2.45, 2.75) is 32.4 Å². The summed E-state index contributed by atoms with van der Waals surface area (Å²) in [5.41, 5.74) is 2.97. The Hall–Kier alpha value is -3.54. The molecule has 188 valence electrons. The maximum Gasteiger partial charge on any atom is 0.423 e. The number of unbranched alkanes of at least 4 members (excludes halogenated alkanes) is 2. The predicted octanol–water partition coefficient (Wildman–Crippen LogP) is 5.23. The monoisotopic (exact) mass is 511 g/mol. The highest BCUT2D eigenvalue weighted by Crippen LogP contribution is 2.30. The molecule has 0 fully saturated rings. The number of H-pyrrole nitrogens is 1. The molecule has 1 aromatic carbocycles. The van der Waals surface area contributed by atoms with E-state index in [1.807, 2.05) is 19.3 Å². The smallest absolute Gasteiger partial charge is 0.397 e. The van der Waals surface area contributed by atoms with Gasteiger partial charge in [0.1, 0.15) is 16.4 Å². The number of anilines is 1. The van der Waals surface area contributed by atoms with E-state index in [0.717, 1.165) is 19.2 Å². The maximum atomic E-state index is 14.2. The summed E-state index contributed by atoms with van der Waals surface area (Å²) in [5.74, 6) is -0.421. The lowest BCUT2D eigenvalue weighted by Crippen LogP contribution is -2.24. The maximum absolute atomic E-state index is 14.2. The predicted molar refractivity (Wildman–Crippen MR) is 128 cm³/mol. The van der Waals surface area contributed by atoms with E-state index in [2.05, 4.69) is 21.9 Å². The van der Waals surface area contributed by atoms with Crippen LogP contribution in [-0.4, -0.2) is 40.0 Å². The standard InChI is InChI=1S/C18H21FN2OS.C5H4F3N3O/c1-3-4-5-8-21(2)9-6-14-11-16(18-20-7-10-23-18)17(19)12-15(14)13-22;6-5(7,8)3-2(9)1-10-11-4(3)12/h6-7,9-13H,3-5,8H2,1-2H3;1H,(H3,9,11,12)/b9-6-;. The van der Waals surface area contributed by atoms with Gasteiger partial charge in [0.2, 0.25) is 0 Å². The van der Waals surface area contributed by atoms with Gasteiger partial charge < -0.3 is 10.6 Å². The molecule has 0 aliphatic heterocycles. The Bertz CT molecular complexity index is 1190. The van der Waals surface area contributed by atoms with Crippen LogP contribution in [0, 0.1) is 5.82 Å². The largest absolute Gasteiger partial charge is 0.423 e. The second kappa shape index (κ2) is 12.8. The third kappa shape index (κ3) is 8.02. The van der Waals surface area contributed by atoms with Gasteiger partial charge in [0, 0.05) is 36.3 Å². The quantitative estimate of drug-likeness (QED) is 0.244. The van der Waals surface area contributed by atoms with Crippen LogP contribution in [0.3, 0.4) is 0 Å². The normalized spacial score (nSPS) is 11.3. The van der Waals surface area contributed by atoms with Gasteiger partial charge in [-0.3, -0.25) is 9.59 Å². The van der Waals surface area contributed by atoms with Crippen LogP contribution in [0.5, 0.6) is 0 Å². The number of alkyl halides is 3. The molecule has 0 unspecified atom stereocenters. The summed E-state index contributed by atoms with van der Waals surface area (Å²) in [5, 5.41) is 7.16. The molecule has 7 nitrogen and oxygen atoms in total. The molecule has 3 aromatic rings. The molecule has 35 heavy (non-hydrogen) atoms. The molecule has 0 radical (unpaired) electrons. The average Bonchev–Trinajstić information content (AvgIpc) is 3.32. The minimum atomic E-state index is -4.74. The van der Waals surface area contributed by atoms with Crippen molar-refractivity contribution in [1.82, 2.24) is 20.1 Å². The number of nitrogens with two attached hydrogens (primary N) is 1. The molecule has 0 amide bonds. The lowest BCUT2D eigenvalue weighted by atomic mass is 10.0. The summed E-state index contributed by atoms with van der Waals surface area (Å²) in [6.07, 6.45) is 5.63. The molecule has 3 rings (SSSR count). The minimum Gasteiger partial charge on any atom is -0.397 e. The van der Waals surface area contributed by atoms with Crippen LogP contribution in [0.4, 0.5) is 23.2 Å². The highest BCUT2D eigenvalue weighted by Gasteiger charge is 2.36. The van der Waals surface area contributed by atoms with E-state index >= 15 is 0 Å². The van der Waals surface area contributed by atoms with E-state index in [4.69, 9.17) is 5.73 Å². The van der Waals surface area contributed by atoms with Gasteiger partial charge in [0.15, 0.2) is 6.29 Å². The number of hydrogen-bond acceptors (Lipinski definition) is 7. The van der Waals surface area contributed by atoms with E-state index in [9.17, 15) is 27.2 Å². The lowest BCUT2D eigenvalue weighted by Gasteiger charge is -2.13. The highest BCUT2D eigenvalue weighted by molar-refractivity contribution is 7.13. The molecule has 0 bridgehead atoms. The second-order valence-corrected chi connectivity index (χ2v) is 8.34. The molecule has 0 atom stereocenters. The zero-order valence-corrected chi connectivity index (χ0v) is 19.9. The Morgan fingerprint density at radius 3 is 2.51 bits per heavy atom. The molecule has 0 saturated carbocycles. The molecular formula is C23H25F4N5O2S. The number of nitrogens with one attached hydrogen (secondary N) is 1. The van der Waals surface area contributed by atoms with Crippen LogP contribution in [0.25, 0.3) is 16.6 Å². The van der Waals surface area contributed by atoms with E-state index in [1.54, 1.807) is 22.7 Å². The summed E-state index contributed by atoms with van der Waals surface area (Å²) in [7, 11) is 2.00. The molecule has 0 aliphatic rings. The minimum absolute atomic E-state index is 0.348. The molecule has 3 N–H and O–H groups in total. The van der Waals surface area contributed by atoms with Crippen molar-refractivity contribution in [1.29, 1.82) is 0 Å². The van der Waals surface area contributed by atoms with Crippen LogP contribution in [0.1, 0.15) is 47.7 Å². The molecule has 0 aliphatic carbocycles. The summed E-state index contributed by atoms with van der Waals surface area (Å²) in [6, 6.07) is 2.97. The van der Waals surface area contributed by atoms with Crippen molar-refractivity contribution in [3.05, 3.63) is 69.0 Å². The zero-order valence-electron chi connectivity index (χ0n) is 19.1. The van der Waals surface area contributed by atoms with E-state index in [-0.39, 0.29) is 0 Å². The van der Waals surface area contributed by atoms with E-state index in [1.165, 1.54) is 30.2 Å². The Kier molecular flexibility index (Phi) is 10.1. The molecule has 12 heteroatoms. The molecule has 0 spiro atoms. The first-order chi connectivity index (χ1) is 16.6. The number of thiazole rings is 1. The van der Waals surface area contributed by atoms with Crippen LogP contribution >= 0.6 is 11.3 Å². The summed E-state index contributed by atoms with van der Waals surface area (Å²) in [4.78, 5) is 28.0. The van der Waals surface area contributed by atoms with Gasteiger partial charge in [-0.15, -0.1) is 11.3 Å². The van der Waals surface area contributed by atoms with Crippen molar-refractivity contribution in [3.63, 3.8) is 0 Å². The van der Waals surface area contributed by atoms with Crippen molar-refractivity contribution in [3.8, 4) is 10.6 Å². The fourth-order valence-corrected chi connectivity index (χ4v) is 3.63. The Morgan fingerprint density at radius 2 is 1.97 bits per heavy atom. The number of aromatic nitrogens is 3. The third-order valence-electron chi connectivity index (χ3n) is 4.75. The van der Waals surface area contributed by atoms with Gasteiger partial charge in [-0.1, -0.05) is 19.8 Å². The molecule has 2 aromatic heterocycles. The van der Waals surface area contributed by atoms with Crippen molar-refractivity contribution in [2.75, 3.05) is 19.3 Å². The lowest BCUT2D eigenvalue weighted by molar-refractivity contribution is -0.138. The average molecular weight is 512 g/mol. The van der Waals surface area contributed by atoms with Crippen molar-refractivity contribution >= 4 is 29.4 Å². The number of carbonyl (C=O) groups is 1. The Balaban J connectivity index is 0.000000303. The number of hydrogen-bond donors (Lipinski definition) is 2. The van der Waals surface area contributed by atoms with Gasteiger partial charge in [-0.25, -0.2) is 14.5 Å². The van der Waals surface area contributed by atoms with Crippen LogP contribution in [0.15, 0.2) is 40.9 Å². The SMILES string of the molecule is CCCCCN(C)/C=C\c1cc(-c2nccs2)c(F)cc1C=O.Nc1cn[nH]c(=O)c1C(F)(F)F. The number of halogens is 4. The first-order valence-electron chi connectivity index (χ1n) is 10.6. The van der Waals surface area contributed by atoms with Gasteiger partial charge in [-0.05, 0) is 36.4 Å². The van der Waals surface area contributed by atoms with Crippen molar-refractivity contribution < 1.29 is 22.4 Å². The van der Waals surface area contributed by atoms with Gasteiger partial charge in [-0.2, -0.15) is 18.3 Å². The van der Waals surface area contributed by atoms with Gasteiger partial charge in [0.05, 0.1) is 11.9 Å². The Labute approximate surface area is 203 Å². The topological polar surface area (TPSA) is 105 Å². The zero-order chi connectivity index (χ0) is 26.0. The molecular weight excluding hydrogens is 486 g/mol. The number of nitrogen functional groups attached to an aromatic ring is 1. The van der Waals surface area contributed by atoms with Crippen LogP contribution in [0.2, 0.25) is 0 Å². The number of benzene rings is 1. The first kappa shape index (κ1) is 27.7. The number of rotatable bonds is 8. The summed E-state index contributed by atoms with van der Waals surface area (Å²) >= 11 is 1.38. The number of aldehydes is 1. The number of carbonyl (C=O) groups excluding carboxylic acids is 1. The first-order valence-corrected chi connectivity index (χ1v) is 11.4. The van der Waals surface area contributed by atoms with Gasteiger partial charge >= 0.3 is 6.18 Å². The third-order valence-corrected chi connectivity index (χ3v) is 5.56. The second-order valence-electron chi connectivity index (χ2n) is 7.45. The fourth-order valence-electron chi connectivity index (χ4n) is 2.97. The van der Waals surface area contributed by atoms with E-state index < -0.39 is 28.8 Å².